The van der Waals surface area contributed by atoms with Crippen LogP contribution < -0.4 is 0 Å². The third-order valence-electron chi connectivity index (χ3n) is 3.24. The van der Waals surface area contributed by atoms with Gasteiger partial charge in [-0.05, 0) is 25.0 Å². The zero-order valence-electron chi connectivity index (χ0n) is 9.68. The molecule has 1 aliphatic heterocycles. The summed E-state index contributed by atoms with van der Waals surface area (Å²) in [4.78, 5) is 13.7. The lowest BCUT2D eigenvalue weighted by molar-refractivity contribution is -0.129. The molecule has 0 bridgehead atoms. The highest BCUT2D eigenvalue weighted by atomic mass is 32.1. The van der Waals surface area contributed by atoms with Gasteiger partial charge in [0.1, 0.15) is 0 Å². The van der Waals surface area contributed by atoms with E-state index in [1.54, 1.807) is 0 Å². The molecular formula is C13H17NOS. The Labute approximate surface area is 102 Å². The van der Waals surface area contributed by atoms with E-state index in [2.05, 4.69) is 38.6 Å². The molecule has 0 N–H and O–H groups in total. The molecule has 1 heterocycles. The van der Waals surface area contributed by atoms with Gasteiger partial charge in [-0.15, -0.1) is 0 Å². The highest BCUT2D eigenvalue weighted by molar-refractivity contribution is 7.81. The second kappa shape index (κ2) is 4.50. The fourth-order valence-corrected chi connectivity index (χ4v) is 2.64. The highest BCUT2D eigenvalue weighted by Crippen LogP contribution is 2.28. The normalized spacial score (nSPS) is 22.6. The maximum Gasteiger partial charge on any atom is 0.224 e. The largest absolute Gasteiger partial charge is 0.335 e. The standard InChI is InChI=1S/C13H17NOS/c1-9-5-3-4-6-12(9)10(2)14-8-11(16)7-13(14)15/h3-6,10-11,16H,7-8H2,1-2H3. The van der Waals surface area contributed by atoms with E-state index in [0.29, 0.717) is 6.42 Å². The van der Waals surface area contributed by atoms with E-state index >= 15 is 0 Å². The summed E-state index contributed by atoms with van der Waals surface area (Å²) in [5, 5.41) is 0.193. The van der Waals surface area contributed by atoms with Gasteiger partial charge in [-0.25, -0.2) is 0 Å². The van der Waals surface area contributed by atoms with Crippen molar-refractivity contribution in [3.8, 4) is 0 Å². The third-order valence-corrected chi connectivity index (χ3v) is 3.59. The number of carbonyl (C=O) groups excluding carboxylic acids is 1. The SMILES string of the molecule is Cc1ccccc1C(C)N1CC(S)CC1=O. The number of hydrogen-bond acceptors (Lipinski definition) is 2. The van der Waals surface area contributed by atoms with Gasteiger partial charge in [-0.2, -0.15) is 12.6 Å². The summed E-state index contributed by atoms with van der Waals surface area (Å²) in [6.07, 6.45) is 0.569. The predicted molar refractivity (Wildman–Crippen MR) is 68.7 cm³/mol. The molecule has 0 aliphatic carbocycles. The number of nitrogens with zero attached hydrogens (tertiary/aromatic N) is 1. The highest BCUT2D eigenvalue weighted by Gasteiger charge is 2.31. The summed E-state index contributed by atoms with van der Waals surface area (Å²) < 4.78 is 0. The molecule has 3 heteroatoms. The van der Waals surface area contributed by atoms with Crippen LogP contribution in [0.4, 0.5) is 0 Å². The number of thiol groups is 1. The van der Waals surface area contributed by atoms with Crippen molar-refractivity contribution >= 4 is 18.5 Å². The van der Waals surface area contributed by atoms with Crippen molar-refractivity contribution in [2.24, 2.45) is 0 Å². The molecule has 2 rings (SSSR count). The smallest absolute Gasteiger partial charge is 0.224 e. The second-order valence-electron chi connectivity index (χ2n) is 4.44. The van der Waals surface area contributed by atoms with Crippen LogP contribution in [0, 0.1) is 6.92 Å². The molecule has 1 saturated heterocycles. The van der Waals surface area contributed by atoms with E-state index in [-0.39, 0.29) is 17.2 Å². The zero-order chi connectivity index (χ0) is 11.7. The maximum absolute atomic E-state index is 11.8. The summed E-state index contributed by atoms with van der Waals surface area (Å²) in [5.41, 5.74) is 2.48. The molecule has 1 aromatic rings. The Kier molecular flexibility index (Phi) is 3.24. The minimum Gasteiger partial charge on any atom is -0.335 e. The molecule has 0 saturated carbocycles. The lowest BCUT2D eigenvalue weighted by Crippen LogP contribution is -2.29. The van der Waals surface area contributed by atoms with Gasteiger partial charge in [0.25, 0.3) is 0 Å². The number of hydrogen-bond donors (Lipinski definition) is 1. The maximum atomic E-state index is 11.8. The average Bonchev–Trinajstić information content (AvgIpc) is 2.58. The Morgan fingerprint density at radius 2 is 2.12 bits per heavy atom. The first-order valence-electron chi connectivity index (χ1n) is 5.62. The van der Waals surface area contributed by atoms with Crippen LogP contribution in [0.2, 0.25) is 0 Å². The van der Waals surface area contributed by atoms with E-state index in [9.17, 15) is 4.79 Å². The molecule has 1 amide bonds. The molecule has 0 aromatic heterocycles. The van der Waals surface area contributed by atoms with Gasteiger partial charge in [0, 0.05) is 18.2 Å². The lowest BCUT2D eigenvalue weighted by Gasteiger charge is -2.26. The molecule has 0 spiro atoms. The van der Waals surface area contributed by atoms with Crippen LogP contribution in [0.1, 0.15) is 30.5 Å². The van der Waals surface area contributed by atoms with Crippen LogP contribution in [0.15, 0.2) is 24.3 Å². The third kappa shape index (κ3) is 2.09. The van der Waals surface area contributed by atoms with Gasteiger partial charge >= 0.3 is 0 Å². The van der Waals surface area contributed by atoms with Gasteiger partial charge in [0.15, 0.2) is 0 Å². The van der Waals surface area contributed by atoms with Crippen molar-refractivity contribution in [3.05, 3.63) is 35.4 Å². The Hall–Kier alpha value is -0.960. The average molecular weight is 235 g/mol. The molecule has 1 aliphatic rings. The summed E-state index contributed by atoms with van der Waals surface area (Å²) in [6.45, 7) is 4.94. The van der Waals surface area contributed by atoms with Crippen LogP contribution in [0.3, 0.4) is 0 Å². The second-order valence-corrected chi connectivity index (χ2v) is 5.17. The lowest BCUT2D eigenvalue weighted by atomic mass is 10.0. The monoisotopic (exact) mass is 235 g/mol. The van der Waals surface area contributed by atoms with E-state index in [0.717, 1.165) is 6.54 Å². The minimum absolute atomic E-state index is 0.158. The molecule has 2 nitrogen and oxygen atoms in total. The van der Waals surface area contributed by atoms with Gasteiger partial charge in [-0.3, -0.25) is 4.79 Å². The first-order valence-corrected chi connectivity index (χ1v) is 6.14. The molecule has 1 fully saturated rings. The van der Waals surface area contributed by atoms with Crippen LogP contribution in [-0.4, -0.2) is 22.6 Å². The summed E-state index contributed by atoms with van der Waals surface area (Å²) in [7, 11) is 0. The fourth-order valence-electron chi connectivity index (χ4n) is 2.31. The topological polar surface area (TPSA) is 20.3 Å². The van der Waals surface area contributed by atoms with Crippen LogP contribution >= 0.6 is 12.6 Å². The Bertz CT molecular complexity index is 405. The molecule has 0 radical (unpaired) electrons. The Balaban J connectivity index is 2.23. The van der Waals surface area contributed by atoms with Crippen molar-refractivity contribution < 1.29 is 4.79 Å². The molecule has 2 atom stereocenters. The summed E-state index contributed by atoms with van der Waals surface area (Å²) >= 11 is 4.38. The molecular weight excluding hydrogens is 218 g/mol. The molecule has 16 heavy (non-hydrogen) atoms. The van der Waals surface area contributed by atoms with E-state index in [4.69, 9.17) is 0 Å². The van der Waals surface area contributed by atoms with Gasteiger partial charge in [0.05, 0.1) is 6.04 Å². The quantitative estimate of drug-likeness (QED) is 0.781. The fraction of sp³-hybridized carbons (Fsp3) is 0.462. The number of amides is 1. The molecule has 1 aromatic carbocycles. The summed E-state index contributed by atoms with van der Waals surface area (Å²) in [5.74, 6) is 0.218. The number of rotatable bonds is 2. The zero-order valence-corrected chi connectivity index (χ0v) is 10.6. The van der Waals surface area contributed by atoms with Crippen LogP contribution in [-0.2, 0) is 4.79 Å². The summed E-state index contributed by atoms with van der Waals surface area (Å²) in [6, 6.07) is 8.39. The minimum atomic E-state index is 0.158. The van der Waals surface area contributed by atoms with E-state index in [1.165, 1.54) is 11.1 Å². The molecule has 2 unspecified atom stereocenters. The first kappa shape index (κ1) is 11.5. The Morgan fingerprint density at radius 1 is 1.44 bits per heavy atom. The van der Waals surface area contributed by atoms with Crippen molar-refractivity contribution in [2.75, 3.05) is 6.54 Å². The van der Waals surface area contributed by atoms with Crippen molar-refractivity contribution in [1.29, 1.82) is 0 Å². The number of benzene rings is 1. The number of likely N-dealkylation sites (tertiary alicyclic amines) is 1. The van der Waals surface area contributed by atoms with Crippen molar-refractivity contribution in [3.63, 3.8) is 0 Å². The van der Waals surface area contributed by atoms with Gasteiger partial charge in [0.2, 0.25) is 5.91 Å². The Morgan fingerprint density at radius 3 is 2.69 bits per heavy atom. The van der Waals surface area contributed by atoms with E-state index < -0.39 is 0 Å². The van der Waals surface area contributed by atoms with E-state index in [1.807, 2.05) is 17.0 Å². The number of aryl methyl sites for hydroxylation is 1. The van der Waals surface area contributed by atoms with Crippen LogP contribution in [0.25, 0.3) is 0 Å². The van der Waals surface area contributed by atoms with Crippen molar-refractivity contribution in [2.45, 2.75) is 31.6 Å². The van der Waals surface area contributed by atoms with Crippen LogP contribution in [0.5, 0.6) is 0 Å². The molecule has 86 valence electrons. The first-order chi connectivity index (χ1) is 7.59. The number of carbonyl (C=O) groups is 1. The predicted octanol–water partition coefficient (Wildman–Crippen LogP) is 2.59. The van der Waals surface area contributed by atoms with Crippen molar-refractivity contribution in [1.82, 2.24) is 4.90 Å². The van der Waals surface area contributed by atoms with Gasteiger partial charge < -0.3 is 4.90 Å². The van der Waals surface area contributed by atoms with Gasteiger partial charge in [-0.1, -0.05) is 24.3 Å².